The number of nitrogens with one attached hydrogen (secondary N) is 1. The van der Waals surface area contributed by atoms with E-state index in [2.05, 4.69) is 21.6 Å². The number of aromatic nitrogens is 4. The second kappa shape index (κ2) is 20.5. The van der Waals surface area contributed by atoms with Crippen molar-refractivity contribution >= 4 is 75.2 Å². The zero-order valence-corrected chi connectivity index (χ0v) is 38.4. The number of rotatable bonds is 10. The summed E-state index contributed by atoms with van der Waals surface area (Å²) in [6.07, 6.45) is 6.94. The minimum absolute atomic E-state index is 0.00139. The molecule has 0 atom stereocenters. The molecule has 0 spiro atoms. The molecule has 60 heavy (non-hydrogen) atoms. The maximum atomic E-state index is 13.2. The summed E-state index contributed by atoms with van der Waals surface area (Å²) in [5, 5.41) is 12.7. The summed E-state index contributed by atoms with van der Waals surface area (Å²) in [5.41, 5.74) is 2.68. The van der Waals surface area contributed by atoms with Gasteiger partial charge in [0.2, 0.25) is 11.4 Å². The van der Waals surface area contributed by atoms with Gasteiger partial charge in [-0.3, -0.25) is 9.59 Å². The Hall–Kier alpha value is -4.31. The summed E-state index contributed by atoms with van der Waals surface area (Å²) in [6.45, 7) is 33.5. The van der Waals surface area contributed by atoms with Crippen LogP contribution in [0.1, 0.15) is 121 Å². The lowest BCUT2D eigenvalue weighted by Crippen LogP contribution is -2.38. The van der Waals surface area contributed by atoms with Gasteiger partial charge in [0.1, 0.15) is 6.61 Å². The van der Waals surface area contributed by atoms with E-state index >= 15 is 0 Å². The third-order valence-corrected chi connectivity index (χ3v) is 13.1. The van der Waals surface area contributed by atoms with Crippen LogP contribution in [0, 0.1) is 24.0 Å². The number of thiophene rings is 2. The third kappa shape index (κ3) is 11.5. The number of amides is 1. The maximum absolute atomic E-state index is 13.2. The Morgan fingerprint density at radius 2 is 1.22 bits per heavy atom. The molecule has 6 rings (SSSR count). The molecule has 0 radical (unpaired) electrons. The van der Waals surface area contributed by atoms with Crippen LogP contribution in [0.25, 0.3) is 9.69 Å². The van der Waals surface area contributed by atoms with Crippen LogP contribution < -0.4 is 5.32 Å². The van der Waals surface area contributed by atoms with Gasteiger partial charge >= 0.3 is 6.09 Å². The molecule has 4 aromatic rings. The van der Waals surface area contributed by atoms with Crippen LogP contribution in [0.5, 0.6) is 0 Å². The van der Waals surface area contributed by atoms with Crippen LogP contribution in [0.3, 0.4) is 0 Å². The Balaban J connectivity index is 0.000000232. The molecule has 2 aliphatic heterocycles. The number of carbonyl (C=O) groups excluding carboxylic acids is 3. The Morgan fingerprint density at radius 3 is 1.58 bits per heavy atom. The van der Waals surface area contributed by atoms with Gasteiger partial charge in [-0.25, -0.2) is 23.8 Å². The highest BCUT2D eigenvalue weighted by atomic mass is 35.5. The summed E-state index contributed by atoms with van der Waals surface area (Å²) in [6, 6.07) is 7.72. The molecule has 0 aromatic carbocycles. The topological polar surface area (TPSA) is 120 Å². The van der Waals surface area contributed by atoms with E-state index in [0.717, 1.165) is 57.8 Å². The molecular formula is C44H54Cl2N8O4S2. The van der Waals surface area contributed by atoms with Gasteiger partial charge in [-0.1, -0.05) is 77.4 Å². The molecule has 2 fully saturated rings. The van der Waals surface area contributed by atoms with Crippen molar-refractivity contribution < 1.29 is 19.1 Å². The fraction of sp³-hybridized carbons (Fsp3) is 0.523. The summed E-state index contributed by atoms with van der Waals surface area (Å²) < 4.78 is 9.56. The van der Waals surface area contributed by atoms with Crippen molar-refractivity contribution in [2.24, 2.45) is 10.8 Å². The molecular weight excluding hydrogens is 840 g/mol. The molecule has 4 aromatic heterocycles. The fourth-order valence-electron chi connectivity index (χ4n) is 7.25. The number of hydrogen-bond donors (Lipinski definition) is 1. The normalized spacial score (nSPS) is 15.1. The molecule has 2 saturated heterocycles. The lowest BCUT2D eigenvalue weighted by Gasteiger charge is -2.30. The van der Waals surface area contributed by atoms with Gasteiger partial charge < -0.3 is 15.0 Å². The van der Waals surface area contributed by atoms with E-state index in [4.69, 9.17) is 51.3 Å². The number of halogens is 2. The van der Waals surface area contributed by atoms with Gasteiger partial charge in [-0.05, 0) is 101 Å². The standard InChI is InChI=1S/C24H29ClN4O3S.C20H25ClN4OS/c1-6-15-32-23(31)28-13-11-16(12-14-28)20-21(26-5)18(9-7-17-8-10-19(25)33-17)29(27-20)22(30)24(2,3)4;1-20(2,3)19(26)25-15(7-5-14-6-8-16(21)27-14)18(22-4)17(24-25)13-9-11-23-12-10-13/h6,8,10,16H,1,7,9,11-15H2,2-4H3;6,8,13,23H,5,7,9-12H2,1-3H3. The van der Waals surface area contributed by atoms with Gasteiger partial charge in [-0.15, -0.1) is 22.7 Å². The minimum Gasteiger partial charge on any atom is -0.445 e. The van der Waals surface area contributed by atoms with Crippen molar-refractivity contribution in [2.75, 3.05) is 32.8 Å². The molecule has 16 heteroatoms. The molecule has 0 unspecified atom stereocenters. The first-order valence-electron chi connectivity index (χ1n) is 20.3. The number of likely N-dealkylation sites (tertiary alicyclic amines) is 1. The zero-order valence-electron chi connectivity index (χ0n) is 35.3. The third-order valence-electron chi connectivity index (χ3n) is 10.5. The van der Waals surface area contributed by atoms with Crippen molar-refractivity contribution in [3.05, 3.63) is 101 Å². The Morgan fingerprint density at radius 1 is 0.783 bits per heavy atom. The zero-order chi connectivity index (χ0) is 43.8. The first-order valence-corrected chi connectivity index (χ1v) is 22.7. The molecule has 0 aliphatic carbocycles. The van der Waals surface area contributed by atoms with E-state index in [-0.39, 0.29) is 36.4 Å². The lowest BCUT2D eigenvalue weighted by molar-refractivity contribution is 0.0737. The molecule has 0 bridgehead atoms. The SMILES string of the molecule is [C-]#[N+]c1c(C2CCN(C(=O)OCC=C)CC2)nn(C(=O)C(C)(C)C)c1CCc1ccc(Cl)s1.[C-]#[N+]c1c(C2CCNCC2)nn(C(=O)C(C)(C)C)c1CCc1ccc(Cl)s1. The second-order valence-electron chi connectivity index (χ2n) is 17.1. The summed E-state index contributed by atoms with van der Waals surface area (Å²) in [7, 11) is 0. The van der Waals surface area contributed by atoms with Gasteiger partial charge in [0.15, 0.2) is 0 Å². The average molecular weight is 894 g/mol. The van der Waals surface area contributed by atoms with E-state index < -0.39 is 10.8 Å². The largest absolute Gasteiger partial charge is 0.445 e. The number of carbonyl (C=O) groups is 3. The quantitative estimate of drug-likeness (QED) is 0.124. The highest BCUT2D eigenvalue weighted by molar-refractivity contribution is 7.16. The van der Waals surface area contributed by atoms with Gasteiger partial charge in [0.25, 0.3) is 11.8 Å². The van der Waals surface area contributed by atoms with Gasteiger partial charge in [0.05, 0.1) is 44.6 Å². The molecule has 2 aliphatic rings. The van der Waals surface area contributed by atoms with Crippen LogP contribution in [0.15, 0.2) is 36.9 Å². The highest BCUT2D eigenvalue weighted by Crippen LogP contribution is 2.39. The van der Waals surface area contributed by atoms with Crippen molar-refractivity contribution in [3.63, 3.8) is 0 Å². The first-order chi connectivity index (χ1) is 28.5. The predicted molar refractivity (Wildman–Crippen MR) is 241 cm³/mol. The van der Waals surface area contributed by atoms with Crippen molar-refractivity contribution in [3.8, 4) is 0 Å². The minimum atomic E-state index is -0.637. The summed E-state index contributed by atoms with van der Waals surface area (Å²) in [5.74, 6) is 0.0379. The molecule has 320 valence electrons. The lowest BCUT2D eigenvalue weighted by atomic mass is 9.92. The number of piperidine rings is 2. The molecule has 6 heterocycles. The van der Waals surface area contributed by atoms with E-state index in [1.165, 1.54) is 26.8 Å². The Bertz CT molecular complexity index is 2250. The molecule has 0 saturated carbocycles. The van der Waals surface area contributed by atoms with Crippen LogP contribution >= 0.6 is 45.9 Å². The van der Waals surface area contributed by atoms with Crippen LogP contribution in [-0.2, 0) is 30.4 Å². The van der Waals surface area contributed by atoms with E-state index in [1.807, 2.05) is 65.8 Å². The molecule has 12 nitrogen and oxygen atoms in total. The predicted octanol–water partition coefficient (Wildman–Crippen LogP) is 11.2. The van der Waals surface area contributed by atoms with E-state index in [0.29, 0.717) is 72.3 Å². The van der Waals surface area contributed by atoms with Crippen molar-refractivity contribution in [1.29, 1.82) is 0 Å². The van der Waals surface area contributed by atoms with Crippen LogP contribution in [0.2, 0.25) is 8.67 Å². The smallest absolute Gasteiger partial charge is 0.410 e. The molecule has 1 N–H and O–H groups in total. The van der Waals surface area contributed by atoms with Crippen LogP contribution in [0.4, 0.5) is 16.2 Å². The second-order valence-corrected chi connectivity index (χ2v) is 20.7. The first kappa shape index (κ1) is 46.8. The Kier molecular flexibility index (Phi) is 16.0. The number of hydrogen-bond acceptors (Lipinski definition) is 9. The van der Waals surface area contributed by atoms with Gasteiger partial charge in [-0.2, -0.15) is 10.2 Å². The number of aryl methyl sites for hydroxylation is 2. The highest BCUT2D eigenvalue weighted by Gasteiger charge is 2.35. The number of ether oxygens (including phenoxy) is 1. The van der Waals surface area contributed by atoms with E-state index in [1.54, 1.807) is 16.2 Å². The average Bonchev–Trinajstić information content (AvgIpc) is 4.02. The van der Waals surface area contributed by atoms with Gasteiger partial charge in [0, 0.05) is 33.7 Å². The molecule has 1 amide bonds. The Labute approximate surface area is 371 Å². The monoisotopic (exact) mass is 892 g/mol. The number of nitrogens with zero attached hydrogens (tertiary/aromatic N) is 7. The van der Waals surface area contributed by atoms with Crippen LogP contribution in [-0.4, -0.2) is 75.2 Å². The maximum Gasteiger partial charge on any atom is 0.410 e. The van der Waals surface area contributed by atoms with E-state index in [9.17, 15) is 14.4 Å². The summed E-state index contributed by atoms with van der Waals surface area (Å²) in [4.78, 5) is 49.9. The fourth-order valence-corrected chi connectivity index (χ4v) is 9.42. The van der Waals surface area contributed by atoms with Crippen molar-refractivity contribution in [1.82, 2.24) is 29.8 Å². The summed E-state index contributed by atoms with van der Waals surface area (Å²) >= 11 is 15.1. The van der Waals surface area contributed by atoms with Crippen molar-refractivity contribution in [2.45, 2.75) is 105 Å².